The molecule has 110 valence electrons. The van der Waals surface area contributed by atoms with E-state index in [9.17, 15) is 18.0 Å². The van der Waals surface area contributed by atoms with Crippen LogP contribution in [0.1, 0.15) is 39.5 Å². The first-order chi connectivity index (χ1) is 9.93. The molecule has 1 aliphatic rings. The molecule has 0 atom stereocenters. The van der Waals surface area contributed by atoms with Crippen LogP contribution >= 0.6 is 11.3 Å². The summed E-state index contributed by atoms with van der Waals surface area (Å²) in [5, 5.41) is -0.964. The molecule has 0 bridgehead atoms. The summed E-state index contributed by atoms with van der Waals surface area (Å²) < 4.78 is 37.8. The summed E-state index contributed by atoms with van der Waals surface area (Å²) in [6.45, 7) is 0. The summed E-state index contributed by atoms with van der Waals surface area (Å²) >= 11 is 0.433. The summed E-state index contributed by atoms with van der Waals surface area (Å²) in [7, 11) is 0. The molecule has 0 unspecified atom stereocenters. The van der Waals surface area contributed by atoms with Crippen molar-refractivity contribution >= 4 is 17.1 Å². The number of carbonyl (C=O) groups is 1. The highest BCUT2D eigenvalue weighted by molar-refractivity contribution is 7.13. The van der Waals surface area contributed by atoms with E-state index in [2.05, 4.69) is 4.98 Å². The summed E-state index contributed by atoms with van der Waals surface area (Å²) in [4.78, 5) is 16.1. The van der Waals surface area contributed by atoms with E-state index in [4.69, 9.17) is 0 Å². The number of alkyl halides is 3. The second kappa shape index (κ2) is 4.94. The SMILES string of the molecule is O=C(c1cnc(C(F)(F)F)s1)C1(c2ccccc2)CCC1. The highest BCUT2D eigenvalue weighted by atomic mass is 32.1. The Balaban J connectivity index is 1.95. The lowest BCUT2D eigenvalue weighted by Gasteiger charge is -2.40. The topological polar surface area (TPSA) is 30.0 Å². The first kappa shape index (κ1) is 14.3. The molecule has 1 heterocycles. The van der Waals surface area contributed by atoms with Gasteiger partial charge in [-0.2, -0.15) is 13.2 Å². The molecule has 0 spiro atoms. The Bertz CT molecular complexity index is 659. The van der Waals surface area contributed by atoms with E-state index in [1.807, 2.05) is 30.3 Å². The molecule has 1 fully saturated rings. The normalized spacial score (nSPS) is 17.3. The van der Waals surface area contributed by atoms with Gasteiger partial charge in [-0.25, -0.2) is 4.98 Å². The second-order valence-corrected chi connectivity index (χ2v) is 6.19. The van der Waals surface area contributed by atoms with E-state index in [0.29, 0.717) is 24.2 Å². The van der Waals surface area contributed by atoms with Crippen molar-refractivity contribution in [3.63, 3.8) is 0 Å². The summed E-state index contributed by atoms with van der Waals surface area (Å²) in [5.41, 5.74) is 0.208. The predicted octanol–water partition coefficient (Wildman–Crippen LogP) is 4.47. The average molecular weight is 311 g/mol. The zero-order chi connectivity index (χ0) is 15.1. The Hall–Kier alpha value is -1.69. The lowest BCUT2D eigenvalue weighted by Crippen LogP contribution is -2.42. The molecule has 0 saturated heterocycles. The van der Waals surface area contributed by atoms with Crippen LogP contribution in [0.2, 0.25) is 0 Å². The van der Waals surface area contributed by atoms with Gasteiger partial charge in [0.1, 0.15) is 0 Å². The maximum atomic E-state index is 12.7. The minimum atomic E-state index is -4.50. The number of thiazole rings is 1. The van der Waals surface area contributed by atoms with Gasteiger partial charge in [0.25, 0.3) is 0 Å². The van der Waals surface area contributed by atoms with Gasteiger partial charge in [-0.15, -0.1) is 11.3 Å². The van der Waals surface area contributed by atoms with Crippen LogP contribution in [0.3, 0.4) is 0 Å². The molecule has 1 saturated carbocycles. The van der Waals surface area contributed by atoms with Crippen LogP contribution in [-0.2, 0) is 11.6 Å². The Labute approximate surface area is 123 Å². The lowest BCUT2D eigenvalue weighted by molar-refractivity contribution is -0.137. The summed E-state index contributed by atoms with van der Waals surface area (Å²) in [6, 6.07) is 9.27. The number of benzene rings is 1. The number of aromatic nitrogens is 1. The van der Waals surface area contributed by atoms with Gasteiger partial charge in [-0.1, -0.05) is 36.8 Å². The zero-order valence-corrected chi connectivity index (χ0v) is 11.8. The van der Waals surface area contributed by atoms with Crippen LogP contribution < -0.4 is 0 Å². The number of nitrogens with zero attached hydrogens (tertiary/aromatic N) is 1. The fourth-order valence-electron chi connectivity index (χ4n) is 2.68. The van der Waals surface area contributed by atoms with Crippen LogP contribution in [0.25, 0.3) is 0 Å². The van der Waals surface area contributed by atoms with E-state index < -0.39 is 16.6 Å². The van der Waals surface area contributed by atoms with Crippen LogP contribution in [0.4, 0.5) is 13.2 Å². The van der Waals surface area contributed by atoms with E-state index in [0.717, 1.165) is 18.2 Å². The van der Waals surface area contributed by atoms with E-state index in [1.165, 1.54) is 0 Å². The van der Waals surface area contributed by atoms with Gasteiger partial charge in [-0.3, -0.25) is 4.79 Å². The number of rotatable bonds is 3. The second-order valence-electron chi connectivity index (χ2n) is 5.16. The van der Waals surface area contributed by atoms with Gasteiger partial charge in [-0.05, 0) is 18.4 Å². The van der Waals surface area contributed by atoms with Crippen molar-refractivity contribution in [2.45, 2.75) is 30.9 Å². The van der Waals surface area contributed by atoms with Crippen molar-refractivity contribution < 1.29 is 18.0 Å². The predicted molar refractivity (Wildman–Crippen MR) is 73.4 cm³/mol. The highest BCUT2D eigenvalue weighted by Crippen LogP contribution is 2.47. The lowest BCUT2D eigenvalue weighted by atomic mass is 9.61. The molecule has 1 aliphatic carbocycles. The number of halogens is 3. The van der Waals surface area contributed by atoms with Crippen LogP contribution in [0.15, 0.2) is 36.5 Å². The highest BCUT2D eigenvalue weighted by Gasteiger charge is 2.47. The Morgan fingerprint density at radius 2 is 1.86 bits per heavy atom. The van der Waals surface area contributed by atoms with Crippen LogP contribution in [0.5, 0.6) is 0 Å². The Kier molecular flexibility index (Phi) is 3.36. The fraction of sp³-hybridized carbons (Fsp3) is 0.333. The van der Waals surface area contributed by atoms with E-state index in [-0.39, 0.29) is 10.7 Å². The largest absolute Gasteiger partial charge is 0.443 e. The van der Waals surface area contributed by atoms with E-state index >= 15 is 0 Å². The number of hydrogen-bond acceptors (Lipinski definition) is 3. The van der Waals surface area contributed by atoms with Gasteiger partial charge >= 0.3 is 6.18 Å². The Morgan fingerprint density at radius 3 is 2.33 bits per heavy atom. The molecule has 1 aromatic heterocycles. The molecular weight excluding hydrogens is 299 g/mol. The van der Waals surface area contributed by atoms with Gasteiger partial charge in [0.15, 0.2) is 10.8 Å². The fourth-order valence-corrected chi connectivity index (χ4v) is 3.50. The van der Waals surface area contributed by atoms with Crippen molar-refractivity contribution in [1.29, 1.82) is 0 Å². The van der Waals surface area contributed by atoms with Gasteiger partial charge in [0.2, 0.25) is 0 Å². The molecule has 1 aromatic carbocycles. The van der Waals surface area contributed by atoms with E-state index in [1.54, 1.807) is 0 Å². The van der Waals surface area contributed by atoms with Gasteiger partial charge in [0.05, 0.1) is 10.3 Å². The number of Topliss-reactive ketones (excluding diaryl/α,β-unsaturated/α-hetero) is 1. The monoisotopic (exact) mass is 311 g/mol. The summed E-state index contributed by atoms with van der Waals surface area (Å²) in [5.74, 6) is -0.243. The van der Waals surface area contributed by atoms with Gasteiger partial charge < -0.3 is 0 Å². The zero-order valence-electron chi connectivity index (χ0n) is 11.0. The molecule has 6 heteroatoms. The maximum absolute atomic E-state index is 12.7. The third-order valence-corrected chi connectivity index (χ3v) is 4.98. The number of ketones is 1. The molecule has 0 aliphatic heterocycles. The van der Waals surface area contributed by atoms with Crippen LogP contribution in [0, 0.1) is 0 Å². The molecule has 0 amide bonds. The number of carbonyl (C=O) groups excluding carboxylic acids is 1. The first-order valence-corrected chi connectivity index (χ1v) is 7.38. The van der Waals surface area contributed by atoms with Crippen molar-refractivity contribution in [3.05, 3.63) is 52.0 Å². The Morgan fingerprint density at radius 1 is 1.19 bits per heavy atom. The molecule has 0 radical (unpaired) electrons. The summed E-state index contributed by atoms with van der Waals surface area (Å²) in [6.07, 6.45) is -1.18. The molecule has 21 heavy (non-hydrogen) atoms. The minimum Gasteiger partial charge on any atom is -0.292 e. The third-order valence-electron chi connectivity index (χ3n) is 3.94. The number of hydrogen-bond donors (Lipinski definition) is 0. The third kappa shape index (κ3) is 2.37. The quantitative estimate of drug-likeness (QED) is 0.783. The van der Waals surface area contributed by atoms with Crippen molar-refractivity contribution in [2.75, 3.05) is 0 Å². The molecular formula is C15H12F3NOS. The van der Waals surface area contributed by atoms with Crippen molar-refractivity contribution in [3.8, 4) is 0 Å². The minimum absolute atomic E-state index is 0.0888. The standard InChI is InChI=1S/C15H12F3NOS/c16-15(17,18)13-19-9-11(21-13)12(20)14(7-4-8-14)10-5-2-1-3-6-10/h1-3,5-6,9H,4,7-8H2. The maximum Gasteiger partial charge on any atom is 0.443 e. The molecule has 0 N–H and O–H groups in total. The smallest absolute Gasteiger partial charge is 0.292 e. The molecule has 2 aromatic rings. The molecule has 3 rings (SSSR count). The van der Waals surface area contributed by atoms with Gasteiger partial charge in [0, 0.05) is 6.20 Å². The average Bonchev–Trinajstić information content (AvgIpc) is 2.88. The molecule has 2 nitrogen and oxygen atoms in total. The van der Waals surface area contributed by atoms with Crippen molar-refractivity contribution in [2.24, 2.45) is 0 Å². The van der Waals surface area contributed by atoms with Crippen molar-refractivity contribution in [1.82, 2.24) is 4.98 Å². The van der Waals surface area contributed by atoms with Crippen LogP contribution in [-0.4, -0.2) is 10.8 Å². The first-order valence-electron chi connectivity index (χ1n) is 6.57.